The average Bonchev–Trinajstić information content (AvgIpc) is 2.70. The fourth-order valence-corrected chi connectivity index (χ4v) is 4.08. The third-order valence-electron chi connectivity index (χ3n) is 5.48. The lowest BCUT2D eigenvalue weighted by Crippen LogP contribution is -2.49. The van der Waals surface area contributed by atoms with Gasteiger partial charge in [-0.15, -0.1) is 0 Å². The van der Waals surface area contributed by atoms with Crippen LogP contribution in [0.1, 0.15) is 35.1 Å². The number of rotatable bonds is 8. The minimum atomic E-state index is -0.434. The van der Waals surface area contributed by atoms with Crippen molar-refractivity contribution in [2.45, 2.75) is 39.7 Å². The normalized spacial score (nSPS) is 16.2. The number of aliphatic hydroxyl groups is 1. The van der Waals surface area contributed by atoms with Gasteiger partial charge < -0.3 is 14.7 Å². The van der Waals surface area contributed by atoms with E-state index in [1.54, 1.807) is 7.11 Å². The Hall–Kier alpha value is -2.02. The quantitative estimate of drug-likeness (QED) is 0.737. The van der Waals surface area contributed by atoms with Crippen molar-refractivity contribution in [1.82, 2.24) is 14.9 Å². The first-order valence-electron chi connectivity index (χ1n) is 10.6. The maximum atomic E-state index is 10.0. The molecule has 1 aliphatic heterocycles. The van der Waals surface area contributed by atoms with Gasteiger partial charge in [-0.25, -0.2) is 9.97 Å². The van der Waals surface area contributed by atoms with Gasteiger partial charge in [-0.3, -0.25) is 4.90 Å². The number of hydrogen-bond donors (Lipinski definition) is 1. The number of benzene rings is 1. The summed E-state index contributed by atoms with van der Waals surface area (Å²) in [5, 5.41) is 10.0. The van der Waals surface area contributed by atoms with Crippen molar-refractivity contribution in [1.29, 1.82) is 0 Å². The number of ether oxygens (including phenoxy) is 1. The van der Waals surface area contributed by atoms with Gasteiger partial charge in [0.2, 0.25) is 0 Å². The highest BCUT2D eigenvalue weighted by Gasteiger charge is 2.24. The zero-order valence-corrected chi connectivity index (χ0v) is 18.2. The number of β-amino-alcohol motifs (C(OH)–C–C–N with tert-alkyl or cyclic N) is 1. The summed E-state index contributed by atoms with van der Waals surface area (Å²) in [6, 6.07) is 8.69. The van der Waals surface area contributed by atoms with E-state index in [-0.39, 0.29) is 0 Å². The van der Waals surface area contributed by atoms with E-state index < -0.39 is 6.10 Å². The maximum Gasteiger partial charge on any atom is 0.136 e. The zero-order valence-electron chi connectivity index (χ0n) is 18.2. The molecule has 0 spiro atoms. The van der Waals surface area contributed by atoms with Crippen LogP contribution >= 0.6 is 0 Å². The van der Waals surface area contributed by atoms with Gasteiger partial charge in [0.25, 0.3) is 0 Å². The molecular formula is C23H34N4O2. The molecule has 0 saturated carbocycles. The van der Waals surface area contributed by atoms with Crippen LogP contribution < -0.4 is 4.90 Å². The van der Waals surface area contributed by atoms with Crippen molar-refractivity contribution >= 4 is 5.82 Å². The van der Waals surface area contributed by atoms with Crippen molar-refractivity contribution in [2.75, 3.05) is 51.3 Å². The highest BCUT2D eigenvalue weighted by molar-refractivity contribution is 5.52. The molecule has 1 atom stereocenters. The van der Waals surface area contributed by atoms with Gasteiger partial charge >= 0.3 is 0 Å². The van der Waals surface area contributed by atoms with Crippen LogP contribution in [0.2, 0.25) is 0 Å². The van der Waals surface area contributed by atoms with Gasteiger partial charge in [0.1, 0.15) is 11.6 Å². The van der Waals surface area contributed by atoms with E-state index in [2.05, 4.69) is 47.9 Å². The molecule has 6 heteroatoms. The van der Waals surface area contributed by atoms with Crippen molar-refractivity contribution in [2.24, 2.45) is 0 Å². The van der Waals surface area contributed by atoms with Gasteiger partial charge in [-0.2, -0.15) is 0 Å². The summed E-state index contributed by atoms with van der Waals surface area (Å²) in [5.41, 5.74) is 4.97. The second kappa shape index (κ2) is 10.1. The Morgan fingerprint density at radius 1 is 1.14 bits per heavy atom. The van der Waals surface area contributed by atoms with Crippen molar-refractivity contribution in [3.63, 3.8) is 0 Å². The van der Waals surface area contributed by atoms with Gasteiger partial charge in [-0.05, 0) is 25.8 Å². The van der Waals surface area contributed by atoms with Gasteiger partial charge in [-0.1, -0.05) is 36.8 Å². The monoisotopic (exact) mass is 398 g/mol. The van der Waals surface area contributed by atoms with Gasteiger partial charge in [0, 0.05) is 57.5 Å². The van der Waals surface area contributed by atoms with Crippen LogP contribution in [0.4, 0.5) is 5.82 Å². The second-order valence-corrected chi connectivity index (χ2v) is 7.94. The first kappa shape index (κ1) is 21.7. The van der Waals surface area contributed by atoms with Crippen LogP contribution in [-0.2, 0) is 17.6 Å². The van der Waals surface area contributed by atoms with Crippen molar-refractivity contribution in [3.05, 3.63) is 52.5 Å². The summed E-state index contributed by atoms with van der Waals surface area (Å²) in [7, 11) is 1.62. The first-order valence-corrected chi connectivity index (χ1v) is 10.6. The Balaban J connectivity index is 1.79. The minimum absolute atomic E-state index is 0.381. The molecule has 2 aromatic rings. The first-order chi connectivity index (χ1) is 14.0. The largest absolute Gasteiger partial charge is 0.389 e. The van der Waals surface area contributed by atoms with Crippen LogP contribution in [-0.4, -0.2) is 72.5 Å². The number of aryl methyl sites for hydroxylation is 3. The maximum absolute atomic E-state index is 10.0. The SMILES string of the molecule is CCc1nc(C)nc(N2CCN(CC(O)COC)CC2)c1Cc1cccc(C)c1. The van der Waals surface area contributed by atoms with E-state index in [0.717, 1.165) is 56.4 Å². The molecule has 1 fully saturated rings. The molecule has 1 unspecified atom stereocenters. The Bertz CT molecular complexity index is 803. The smallest absolute Gasteiger partial charge is 0.136 e. The van der Waals surface area contributed by atoms with Crippen LogP contribution in [0.3, 0.4) is 0 Å². The van der Waals surface area contributed by atoms with Crippen LogP contribution in [0.25, 0.3) is 0 Å². The molecule has 1 aromatic carbocycles. The number of hydrogen-bond acceptors (Lipinski definition) is 6. The van der Waals surface area contributed by atoms with Gasteiger partial charge in [0.15, 0.2) is 0 Å². The zero-order chi connectivity index (χ0) is 20.8. The molecule has 0 bridgehead atoms. The Morgan fingerprint density at radius 2 is 1.90 bits per heavy atom. The molecular weight excluding hydrogens is 364 g/mol. The lowest BCUT2D eigenvalue weighted by Gasteiger charge is -2.37. The summed E-state index contributed by atoms with van der Waals surface area (Å²) < 4.78 is 5.05. The Kier molecular flexibility index (Phi) is 7.58. The van der Waals surface area contributed by atoms with Gasteiger partial charge in [0.05, 0.1) is 12.7 Å². The highest BCUT2D eigenvalue weighted by Crippen LogP contribution is 2.26. The van der Waals surface area contributed by atoms with E-state index >= 15 is 0 Å². The van der Waals surface area contributed by atoms with E-state index in [1.807, 2.05) is 6.92 Å². The molecule has 1 aromatic heterocycles. The predicted octanol–water partition coefficient (Wildman–Crippen LogP) is 2.38. The summed E-state index contributed by atoms with van der Waals surface area (Å²) in [6.07, 6.45) is 1.32. The number of aromatic nitrogens is 2. The van der Waals surface area contributed by atoms with Crippen LogP contribution in [0.5, 0.6) is 0 Å². The average molecular weight is 399 g/mol. The summed E-state index contributed by atoms with van der Waals surface area (Å²) in [5.74, 6) is 1.91. The number of anilines is 1. The molecule has 0 aliphatic carbocycles. The van der Waals surface area contributed by atoms with E-state index in [1.165, 1.54) is 16.7 Å². The van der Waals surface area contributed by atoms with E-state index in [9.17, 15) is 5.11 Å². The fraction of sp³-hybridized carbons (Fsp3) is 0.565. The fourth-order valence-electron chi connectivity index (χ4n) is 4.08. The van der Waals surface area contributed by atoms with Crippen molar-refractivity contribution in [3.8, 4) is 0 Å². The molecule has 1 aliphatic rings. The molecule has 1 N–H and O–H groups in total. The third-order valence-corrected chi connectivity index (χ3v) is 5.48. The standard InChI is InChI=1S/C23H34N4O2/c1-5-22-21(14-19-8-6-7-17(2)13-19)23(25-18(3)24-22)27-11-9-26(10-12-27)15-20(28)16-29-4/h6-8,13,20,28H,5,9-12,14-16H2,1-4H3. The predicted molar refractivity (Wildman–Crippen MR) is 117 cm³/mol. The number of methoxy groups -OCH3 is 1. The topological polar surface area (TPSA) is 61.7 Å². The lowest BCUT2D eigenvalue weighted by atomic mass is 10.0. The molecule has 158 valence electrons. The van der Waals surface area contributed by atoms with Crippen molar-refractivity contribution < 1.29 is 9.84 Å². The summed E-state index contributed by atoms with van der Waals surface area (Å²) >= 11 is 0. The number of aliphatic hydroxyl groups excluding tert-OH is 1. The Labute approximate surface area is 174 Å². The highest BCUT2D eigenvalue weighted by atomic mass is 16.5. The third kappa shape index (κ3) is 5.75. The van der Waals surface area contributed by atoms with E-state index in [0.29, 0.717) is 13.2 Å². The Morgan fingerprint density at radius 3 is 2.55 bits per heavy atom. The lowest BCUT2D eigenvalue weighted by molar-refractivity contribution is 0.0365. The molecule has 29 heavy (non-hydrogen) atoms. The van der Waals surface area contributed by atoms with E-state index in [4.69, 9.17) is 14.7 Å². The minimum Gasteiger partial charge on any atom is -0.389 e. The molecule has 3 rings (SSSR count). The molecule has 6 nitrogen and oxygen atoms in total. The number of piperazine rings is 1. The summed E-state index contributed by atoms with van der Waals surface area (Å²) in [4.78, 5) is 14.3. The molecule has 1 saturated heterocycles. The molecule has 0 amide bonds. The number of nitrogens with zero attached hydrogens (tertiary/aromatic N) is 4. The second-order valence-electron chi connectivity index (χ2n) is 7.94. The van der Waals surface area contributed by atoms with Crippen LogP contribution in [0, 0.1) is 13.8 Å². The molecule has 2 heterocycles. The molecule has 0 radical (unpaired) electrons. The summed E-state index contributed by atoms with van der Waals surface area (Å²) in [6.45, 7) is 10.9. The van der Waals surface area contributed by atoms with Crippen LogP contribution in [0.15, 0.2) is 24.3 Å².